The minimum Gasteiger partial charge on any atom is -0.491 e. The molecular formula is C16H16N2O4. The number of carbonyl (C=O) groups excluding carboxylic acids is 1. The van der Waals surface area contributed by atoms with E-state index in [1.807, 2.05) is 7.05 Å². The number of amides is 1. The summed E-state index contributed by atoms with van der Waals surface area (Å²) >= 11 is 0. The number of aliphatic carboxylic acids is 1. The van der Waals surface area contributed by atoms with Gasteiger partial charge in [0, 0.05) is 25.0 Å². The van der Waals surface area contributed by atoms with Gasteiger partial charge in [-0.15, -0.1) is 0 Å². The molecule has 1 aliphatic rings. The third-order valence-electron chi connectivity index (χ3n) is 3.69. The number of ether oxygens (including phenoxy) is 1. The van der Waals surface area contributed by atoms with Crippen molar-refractivity contribution in [2.45, 2.75) is 6.04 Å². The first kappa shape index (κ1) is 14.2. The number of carboxylic acids is 1. The van der Waals surface area contributed by atoms with Crippen molar-refractivity contribution in [3.63, 3.8) is 0 Å². The molecule has 6 heteroatoms. The Bertz CT molecular complexity index is 722. The molecule has 0 bridgehead atoms. The third kappa shape index (κ3) is 2.43. The highest BCUT2D eigenvalue weighted by Crippen LogP contribution is 2.33. The molecule has 0 saturated carbocycles. The summed E-state index contributed by atoms with van der Waals surface area (Å²) in [5.41, 5.74) is 0.963. The zero-order chi connectivity index (χ0) is 15.7. The molecule has 1 aliphatic heterocycles. The van der Waals surface area contributed by atoms with Gasteiger partial charge in [0.05, 0.1) is 12.1 Å². The lowest BCUT2D eigenvalue weighted by Crippen LogP contribution is -2.39. The largest absolute Gasteiger partial charge is 0.491 e. The van der Waals surface area contributed by atoms with E-state index in [1.165, 1.54) is 4.90 Å². The normalized spacial score (nSPS) is 17.3. The first-order chi connectivity index (χ1) is 10.6. The molecule has 1 aromatic heterocycles. The summed E-state index contributed by atoms with van der Waals surface area (Å²) in [6.45, 7) is 0.485. The Hall–Kier alpha value is -2.76. The lowest BCUT2D eigenvalue weighted by atomic mass is 10.0. The summed E-state index contributed by atoms with van der Waals surface area (Å²) in [5.74, 6) is -0.867. The number of hydrogen-bond donors (Lipinski definition) is 1. The van der Waals surface area contributed by atoms with Crippen LogP contribution in [0.2, 0.25) is 0 Å². The Morgan fingerprint density at radius 1 is 1.27 bits per heavy atom. The van der Waals surface area contributed by atoms with Crippen molar-refractivity contribution < 1.29 is 19.4 Å². The number of aryl methyl sites for hydroxylation is 1. The van der Waals surface area contributed by atoms with Crippen molar-refractivity contribution in [1.82, 2.24) is 9.47 Å². The van der Waals surface area contributed by atoms with Gasteiger partial charge in [0.2, 0.25) is 0 Å². The molecule has 3 rings (SSSR count). The minimum atomic E-state index is -1.07. The topological polar surface area (TPSA) is 71.8 Å². The number of hydrogen-bond acceptors (Lipinski definition) is 3. The predicted octanol–water partition coefficient (Wildman–Crippen LogP) is 1.69. The van der Waals surface area contributed by atoms with E-state index >= 15 is 0 Å². The highest BCUT2D eigenvalue weighted by Gasteiger charge is 2.35. The van der Waals surface area contributed by atoms with Gasteiger partial charge in [-0.05, 0) is 12.1 Å². The Balaban J connectivity index is 2.03. The Morgan fingerprint density at radius 2 is 2.05 bits per heavy atom. The van der Waals surface area contributed by atoms with E-state index in [-0.39, 0.29) is 19.1 Å². The molecule has 0 aliphatic carbocycles. The van der Waals surface area contributed by atoms with Crippen LogP contribution in [0.5, 0.6) is 5.75 Å². The van der Waals surface area contributed by atoms with Gasteiger partial charge in [-0.25, -0.2) is 4.79 Å². The zero-order valence-electron chi connectivity index (χ0n) is 12.1. The van der Waals surface area contributed by atoms with Gasteiger partial charge in [0.1, 0.15) is 12.4 Å². The number of benzene rings is 1. The number of para-hydroxylation sites is 1. The van der Waals surface area contributed by atoms with Crippen LogP contribution in [-0.2, 0) is 11.8 Å². The average Bonchev–Trinajstić information content (AvgIpc) is 2.83. The molecule has 0 radical (unpaired) electrons. The first-order valence-corrected chi connectivity index (χ1v) is 6.95. The Morgan fingerprint density at radius 3 is 2.73 bits per heavy atom. The predicted molar refractivity (Wildman–Crippen MR) is 78.8 cm³/mol. The fourth-order valence-electron chi connectivity index (χ4n) is 2.67. The number of aromatic nitrogens is 1. The quantitative estimate of drug-likeness (QED) is 0.916. The molecule has 0 fully saturated rings. The van der Waals surface area contributed by atoms with Crippen LogP contribution in [0.4, 0.5) is 0 Å². The van der Waals surface area contributed by atoms with E-state index in [4.69, 9.17) is 4.74 Å². The van der Waals surface area contributed by atoms with Crippen molar-refractivity contribution in [1.29, 1.82) is 0 Å². The maximum atomic E-state index is 12.7. The van der Waals surface area contributed by atoms with Crippen molar-refractivity contribution in [3.05, 3.63) is 53.9 Å². The summed E-state index contributed by atoms with van der Waals surface area (Å²) in [7, 11) is 1.81. The number of rotatable bonds is 2. The van der Waals surface area contributed by atoms with Crippen LogP contribution >= 0.6 is 0 Å². The standard InChI is InChI=1S/C16H16N2O4/c1-17-7-6-11(10-17)15(19)18-8-9-22-13-5-3-2-4-12(13)14(18)16(20)21/h2-7,10,14H,8-9H2,1H3,(H,20,21). The zero-order valence-corrected chi connectivity index (χ0v) is 12.1. The highest BCUT2D eigenvalue weighted by molar-refractivity contribution is 5.97. The second kappa shape index (κ2) is 5.55. The molecular weight excluding hydrogens is 284 g/mol. The molecule has 0 saturated heterocycles. The fourth-order valence-corrected chi connectivity index (χ4v) is 2.67. The number of nitrogens with zero attached hydrogens (tertiary/aromatic N) is 2. The van der Waals surface area contributed by atoms with Crippen LogP contribution in [0, 0.1) is 0 Å². The maximum absolute atomic E-state index is 12.7. The van der Waals surface area contributed by atoms with Crippen LogP contribution in [0.1, 0.15) is 22.0 Å². The van der Waals surface area contributed by atoms with Gasteiger partial charge in [-0.3, -0.25) is 4.79 Å². The van der Waals surface area contributed by atoms with Gasteiger partial charge in [0.25, 0.3) is 5.91 Å². The average molecular weight is 300 g/mol. The van der Waals surface area contributed by atoms with E-state index in [9.17, 15) is 14.7 Å². The second-order valence-corrected chi connectivity index (χ2v) is 5.19. The molecule has 1 amide bonds. The molecule has 22 heavy (non-hydrogen) atoms. The molecule has 114 valence electrons. The van der Waals surface area contributed by atoms with Crippen LogP contribution in [0.3, 0.4) is 0 Å². The smallest absolute Gasteiger partial charge is 0.331 e. The van der Waals surface area contributed by atoms with Gasteiger partial charge < -0.3 is 19.3 Å². The van der Waals surface area contributed by atoms with Gasteiger partial charge in [-0.2, -0.15) is 0 Å². The molecule has 1 N–H and O–H groups in total. The Labute approximate surface area is 127 Å². The van der Waals surface area contributed by atoms with E-state index in [1.54, 1.807) is 47.3 Å². The summed E-state index contributed by atoms with van der Waals surface area (Å²) in [5, 5.41) is 9.63. The van der Waals surface area contributed by atoms with Gasteiger partial charge in [-0.1, -0.05) is 18.2 Å². The highest BCUT2D eigenvalue weighted by atomic mass is 16.5. The van der Waals surface area contributed by atoms with Crippen molar-refractivity contribution in [3.8, 4) is 5.75 Å². The Kier molecular flexibility index (Phi) is 3.58. The van der Waals surface area contributed by atoms with Crippen LogP contribution < -0.4 is 4.74 Å². The van der Waals surface area contributed by atoms with E-state index in [2.05, 4.69) is 0 Å². The van der Waals surface area contributed by atoms with Crippen LogP contribution in [-0.4, -0.2) is 39.6 Å². The van der Waals surface area contributed by atoms with E-state index in [0.717, 1.165) is 0 Å². The molecule has 1 aromatic carbocycles. The molecule has 2 heterocycles. The van der Waals surface area contributed by atoms with Gasteiger partial charge >= 0.3 is 5.97 Å². The van der Waals surface area contributed by atoms with Crippen molar-refractivity contribution >= 4 is 11.9 Å². The number of fused-ring (bicyclic) bond motifs is 1. The van der Waals surface area contributed by atoms with Crippen molar-refractivity contribution in [2.24, 2.45) is 7.05 Å². The number of carboxylic acid groups (broad SMARTS) is 1. The van der Waals surface area contributed by atoms with E-state index < -0.39 is 12.0 Å². The lowest BCUT2D eigenvalue weighted by Gasteiger charge is -2.26. The van der Waals surface area contributed by atoms with Crippen molar-refractivity contribution in [2.75, 3.05) is 13.2 Å². The first-order valence-electron chi connectivity index (χ1n) is 6.95. The second-order valence-electron chi connectivity index (χ2n) is 5.19. The molecule has 2 aromatic rings. The summed E-state index contributed by atoms with van der Waals surface area (Å²) < 4.78 is 7.34. The SMILES string of the molecule is Cn1ccc(C(=O)N2CCOc3ccccc3C2C(=O)O)c1. The van der Waals surface area contributed by atoms with Crippen LogP contribution in [0.15, 0.2) is 42.7 Å². The summed E-state index contributed by atoms with van der Waals surface area (Å²) in [4.78, 5) is 25.8. The fraction of sp³-hybridized carbons (Fsp3) is 0.250. The number of carbonyl (C=O) groups is 2. The summed E-state index contributed by atoms with van der Waals surface area (Å²) in [6, 6.07) is 7.57. The molecule has 1 atom stereocenters. The molecule has 6 nitrogen and oxygen atoms in total. The monoisotopic (exact) mass is 300 g/mol. The van der Waals surface area contributed by atoms with E-state index in [0.29, 0.717) is 16.9 Å². The minimum absolute atomic E-state index is 0.222. The summed E-state index contributed by atoms with van der Waals surface area (Å²) in [6.07, 6.45) is 3.43. The van der Waals surface area contributed by atoms with Gasteiger partial charge in [0.15, 0.2) is 6.04 Å². The third-order valence-corrected chi connectivity index (χ3v) is 3.69. The molecule has 1 unspecified atom stereocenters. The van der Waals surface area contributed by atoms with Crippen LogP contribution in [0.25, 0.3) is 0 Å². The maximum Gasteiger partial charge on any atom is 0.331 e. The lowest BCUT2D eigenvalue weighted by molar-refractivity contribution is -0.142. The molecule has 0 spiro atoms.